The van der Waals surface area contributed by atoms with Crippen LogP contribution in [0.25, 0.3) is 0 Å². The first-order valence-electron chi connectivity index (χ1n) is 18.9. The van der Waals surface area contributed by atoms with Crippen LogP contribution in [0.15, 0.2) is 79.4 Å². The second-order valence-electron chi connectivity index (χ2n) is 13.3. The van der Waals surface area contributed by atoms with E-state index in [1.54, 1.807) is 24.3 Å². The van der Waals surface area contributed by atoms with E-state index >= 15 is 0 Å². The highest BCUT2D eigenvalue weighted by Gasteiger charge is 2.27. The van der Waals surface area contributed by atoms with Gasteiger partial charge in [0.1, 0.15) is 18.7 Å². The Kier molecular flexibility index (Phi) is 19.8. The number of alkyl carbamates (subject to hydrolysis) is 1. The number of carbonyl (C=O) groups excluding carboxylic acids is 6. The molecule has 0 bridgehead atoms. The molecule has 1 aliphatic rings. The van der Waals surface area contributed by atoms with E-state index in [9.17, 15) is 33.9 Å². The van der Waals surface area contributed by atoms with Gasteiger partial charge in [0.2, 0.25) is 17.7 Å². The maximum Gasteiger partial charge on any atom is 0.407 e. The van der Waals surface area contributed by atoms with Crippen LogP contribution in [0.1, 0.15) is 88.2 Å². The van der Waals surface area contributed by atoms with Gasteiger partial charge in [-0.25, -0.2) is 4.79 Å². The van der Waals surface area contributed by atoms with Gasteiger partial charge in [0.05, 0.1) is 6.61 Å². The minimum Gasteiger partial charge on any atom is -0.445 e. The molecule has 54 heavy (non-hydrogen) atoms. The summed E-state index contributed by atoms with van der Waals surface area (Å²) in [5.41, 5.74) is 2.05. The highest BCUT2D eigenvalue weighted by Crippen LogP contribution is 2.14. The number of aliphatic hydroxyl groups is 1. The molecule has 1 heterocycles. The van der Waals surface area contributed by atoms with E-state index in [4.69, 9.17) is 4.74 Å². The van der Waals surface area contributed by atoms with E-state index in [0.717, 1.165) is 50.5 Å². The fourth-order valence-electron chi connectivity index (χ4n) is 5.91. The number of nitrogens with one attached hydrogen (secondary N) is 4. The molecule has 2 aromatic rings. The molecular formula is C41H55N5O8. The molecule has 1 aliphatic heterocycles. The van der Waals surface area contributed by atoms with Crippen LogP contribution in [-0.2, 0) is 41.7 Å². The van der Waals surface area contributed by atoms with Gasteiger partial charge < -0.3 is 31.1 Å². The van der Waals surface area contributed by atoms with Crippen molar-refractivity contribution in [3.05, 3.63) is 90.5 Å². The molecule has 2 unspecified atom stereocenters. The van der Waals surface area contributed by atoms with Gasteiger partial charge in [0.25, 0.3) is 11.8 Å². The molecule has 0 saturated heterocycles. The molecule has 292 valence electrons. The lowest BCUT2D eigenvalue weighted by Gasteiger charge is -2.23. The van der Waals surface area contributed by atoms with Crippen LogP contribution in [0.5, 0.6) is 0 Å². The lowest BCUT2D eigenvalue weighted by atomic mass is 10.0. The second-order valence-corrected chi connectivity index (χ2v) is 13.3. The predicted octanol–water partition coefficient (Wildman–Crippen LogP) is 4.85. The second kappa shape index (κ2) is 24.9. The third kappa shape index (κ3) is 16.6. The van der Waals surface area contributed by atoms with E-state index in [0.29, 0.717) is 43.6 Å². The number of carbonyl (C=O) groups is 6. The third-order valence-electron chi connectivity index (χ3n) is 8.93. The first-order valence-corrected chi connectivity index (χ1v) is 18.9. The molecule has 0 aliphatic carbocycles. The molecule has 0 aromatic heterocycles. The van der Waals surface area contributed by atoms with Crippen molar-refractivity contribution in [3.63, 3.8) is 0 Å². The van der Waals surface area contributed by atoms with Crippen molar-refractivity contribution in [2.24, 2.45) is 0 Å². The summed E-state index contributed by atoms with van der Waals surface area (Å²) in [6.45, 7) is 4.23. The van der Waals surface area contributed by atoms with Crippen LogP contribution in [0.3, 0.4) is 0 Å². The van der Waals surface area contributed by atoms with Crippen molar-refractivity contribution in [1.82, 2.24) is 20.9 Å². The molecule has 13 nitrogen and oxygen atoms in total. The Labute approximate surface area is 318 Å². The summed E-state index contributed by atoms with van der Waals surface area (Å²) in [4.78, 5) is 76.7. The minimum absolute atomic E-state index is 0.0934. The number of ether oxygens (including phenoxy) is 1. The molecule has 3 rings (SSSR count). The fourth-order valence-corrected chi connectivity index (χ4v) is 5.91. The molecule has 0 spiro atoms. The molecule has 0 fully saturated rings. The highest BCUT2D eigenvalue weighted by molar-refractivity contribution is 6.12. The topological polar surface area (TPSA) is 183 Å². The number of imide groups is 1. The van der Waals surface area contributed by atoms with Gasteiger partial charge in [0.15, 0.2) is 0 Å². The van der Waals surface area contributed by atoms with E-state index in [2.05, 4.69) is 27.8 Å². The average Bonchev–Trinajstić information content (AvgIpc) is 3.49. The quantitative estimate of drug-likeness (QED) is 0.0515. The van der Waals surface area contributed by atoms with Crippen molar-refractivity contribution >= 4 is 41.3 Å². The number of rotatable bonds is 26. The van der Waals surface area contributed by atoms with Crippen LogP contribution in [0.2, 0.25) is 0 Å². The molecule has 2 atom stereocenters. The zero-order valence-corrected chi connectivity index (χ0v) is 31.1. The van der Waals surface area contributed by atoms with Crippen LogP contribution >= 0.6 is 0 Å². The zero-order chi connectivity index (χ0) is 39.0. The van der Waals surface area contributed by atoms with Gasteiger partial charge in [-0.2, -0.15) is 0 Å². The van der Waals surface area contributed by atoms with E-state index in [1.165, 1.54) is 23.1 Å². The van der Waals surface area contributed by atoms with Crippen molar-refractivity contribution in [1.29, 1.82) is 0 Å². The fraction of sp³-hybridized carbons (Fsp3) is 0.463. The van der Waals surface area contributed by atoms with Gasteiger partial charge in [-0.15, -0.1) is 0 Å². The van der Waals surface area contributed by atoms with Gasteiger partial charge in [-0.05, 0) is 55.4 Å². The summed E-state index contributed by atoms with van der Waals surface area (Å²) in [5, 5.41) is 20.6. The van der Waals surface area contributed by atoms with Gasteiger partial charge in [-0.3, -0.25) is 28.9 Å². The lowest BCUT2D eigenvalue weighted by Crippen LogP contribution is -2.53. The molecule has 0 radical (unpaired) electrons. The van der Waals surface area contributed by atoms with E-state index in [-0.39, 0.29) is 50.2 Å². The van der Waals surface area contributed by atoms with Crippen LogP contribution in [0.4, 0.5) is 10.5 Å². The lowest BCUT2D eigenvalue weighted by molar-refractivity contribution is -0.137. The third-order valence-corrected chi connectivity index (χ3v) is 8.93. The Hall–Kier alpha value is -5.30. The maximum atomic E-state index is 13.8. The number of anilines is 1. The Morgan fingerprint density at radius 1 is 0.741 bits per heavy atom. The summed E-state index contributed by atoms with van der Waals surface area (Å²) >= 11 is 0. The first-order chi connectivity index (χ1) is 26.2. The summed E-state index contributed by atoms with van der Waals surface area (Å²) in [6.07, 6.45) is 12.6. The number of nitrogens with zero attached hydrogens (tertiary/aromatic N) is 1. The Morgan fingerprint density at radius 3 is 2.04 bits per heavy atom. The predicted molar refractivity (Wildman–Crippen MR) is 206 cm³/mol. The Balaban J connectivity index is 1.50. The van der Waals surface area contributed by atoms with Crippen molar-refractivity contribution in [3.8, 4) is 0 Å². The molecule has 13 heteroatoms. The van der Waals surface area contributed by atoms with Crippen LogP contribution < -0.4 is 21.3 Å². The molecule has 5 N–H and O–H groups in total. The summed E-state index contributed by atoms with van der Waals surface area (Å²) in [5.74, 6) is -1.65. The molecule has 2 aromatic carbocycles. The normalized spacial score (nSPS) is 13.2. The van der Waals surface area contributed by atoms with Crippen LogP contribution in [-0.4, -0.2) is 77.4 Å². The standard InChI is InChI=1S/C41H55N5O8/c1-2-28-54-41(53)42-26-14-13-18-34(39(51)43-33-22-20-32(30-47)21-23-33)45-40(52)35(29-31-16-10-9-11-17-31)44-36(48)19-12-7-5-3-4-6-8-15-27-46-37(49)24-25-38(46)50/h2,9-11,16-17,20-25,34-35,47H,1,3-8,12-15,18-19,26-30H2,(H,42,53)(H,43,51)(H,44,48)(H,45,52). The maximum absolute atomic E-state index is 13.8. The Bertz CT molecular complexity index is 1530. The molecular weight excluding hydrogens is 690 g/mol. The van der Waals surface area contributed by atoms with Crippen molar-refractivity contribution < 1.29 is 38.6 Å². The number of hydrogen-bond donors (Lipinski definition) is 5. The summed E-state index contributed by atoms with van der Waals surface area (Å²) in [7, 11) is 0. The number of unbranched alkanes of at least 4 members (excludes halogenated alkanes) is 8. The first kappa shape index (κ1) is 43.1. The SMILES string of the molecule is C=CCOC(=O)NCCCCC(NC(=O)C(Cc1ccccc1)NC(=O)CCCCCCCCCCN1C(=O)C=CC1=O)C(=O)Nc1ccc(CO)cc1. The smallest absolute Gasteiger partial charge is 0.407 e. The van der Waals surface area contributed by atoms with Gasteiger partial charge in [0, 0.05) is 43.8 Å². The molecule has 0 saturated carbocycles. The number of amides is 6. The summed E-state index contributed by atoms with van der Waals surface area (Å²) < 4.78 is 4.92. The number of hydrogen-bond acceptors (Lipinski definition) is 8. The highest BCUT2D eigenvalue weighted by atomic mass is 16.5. The summed E-state index contributed by atoms with van der Waals surface area (Å²) in [6, 6.07) is 14.2. The van der Waals surface area contributed by atoms with Gasteiger partial charge >= 0.3 is 6.09 Å². The average molecular weight is 746 g/mol. The van der Waals surface area contributed by atoms with E-state index in [1.807, 2.05) is 30.3 Å². The number of aliphatic hydroxyl groups excluding tert-OH is 1. The molecule has 6 amide bonds. The van der Waals surface area contributed by atoms with Crippen molar-refractivity contribution in [2.75, 3.05) is 25.0 Å². The monoisotopic (exact) mass is 745 g/mol. The largest absolute Gasteiger partial charge is 0.445 e. The minimum atomic E-state index is -0.930. The van der Waals surface area contributed by atoms with Crippen molar-refractivity contribution in [2.45, 2.75) is 102 Å². The van der Waals surface area contributed by atoms with E-state index < -0.39 is 30.0 Å². The number of benzene rings is 2. The Morgan fingerprint density at radius 2 is 1.39 bits per heavy atom. The van der Waals surface area contributed by atoms with Gasteiger partial charge in [-0.1, -0.05) is 93.6 Å². The zero-order valence-electron chi connectivity index (χ0n) is 31.1. The van der Waals surface area contributed by atoms with Crippen LogP contribution in [0, 0.1) is 0 Å².